The first-order valence-electron chi connectivity index (χ1n) is 10.5. The Morgan fingerprint density at radius 1 is 0.941 bits per heavy atom. The molecule has 9 heteroatoms. The number of anilines is 2. The van der Waals surface area contributed by atoms with Gasteiger partial charge in [0.05, 0.1) is 28.6 Å². The van der Waals surface area contributed by atoms with Gasteiger partial charge in [-0.15, -0.1) is 11.3 Å². The third-order valence-electron chi connectivity index (χ3n) is 5.32. The number of hydrogen-bond donors (Lipinski definition) is 2. The highest BCUT2D eigenvalue weighted by atomic mass is 32.1. The molecular formula is C25H20N4O4S. The van der Waals surface area contributed by atoms with Crippen molar-refractivity contribution >= 4 is 45.6 Å². The fourth-order valence-corrected chi connectivity index (χ4v) is 4.67. The second-order valence-electron chi connectivity index (χ2n) is 7.79. The number of amides is 2. The Kier molecular flexibility index (Phi) is 5.46. The van der Waals surface area contributed by atoms with Crippen LogP contribution in [0.5, 0.6) is 0 Å². The summed E-state index contributed by atoms with van der Waals surface area (Å²) in [6.07, 6.45) is 1.44. The number of nitrogens with one attached hydrogen (secondary N) is 2. The average Bonchev–Trinajstić information content (AvgIpc) is 3.55. The molecule has 4 aromatic heterocycles. The van der Waals surface area contributed by atoms with E-state index in [0.29, 0.717) is 39.4 Å². The molecule has 2 N–H and O–H groups in total. The number of hydrogen-bond acceptors (Lipinski definition) is 7. The Balaban J connectivity index is 1.41. The van der Waals surface area contributed by atoms with E-state index < -0.39 is 0 Å². The second-order valence-corrected chi connectivity index (χ2v) is 9.25. The van der Waals surface area contributed by atoms with Crippen LogP contribution in [0.1, 0.15) is 36.4 Å². The van der Waals surface area contributed by atoms with Crippen molar-refractivity contribution in [1.29, 1.82) is 0 Å². The lowest BCUT2D eigenvalue weighted by Gasteiger charge is -2.09. The molecule has 0 radical (unpaired) electrons. The Morgan fingerprint density at radius 3 is 2.26 bits per heavy atom. The molecule has 2 amide bonds. The molecule has 0 spiro atoms. The number of carbonyl (C=O) groups excluding carboxylic acids is 2. The van der Waals surface area contributed by atoms with Crippen LogP contribution in [0.25, 0.3) is 22.4 Å². The van der Waals surface area contributed by atoms with E-state index in [1.807, 2.05) is 13.8 Å². The van der Waals surface area contributed by atoms with Gasteiger partial charge >= 0.3 is 0 Å². The number of carbonyl (C=O) groups is 2. The molecule has 5 rings (SSSR count). The third kappa shape index (κ3) is 4.08. The molecule has 34 heavy (non-hydrogen) atoms. The maximum atomic E-state index is 13.3. The molecule has 0 aliphatic heterocycles. The summed E-state index contributed by atoms with van der Waals surface area (Å²) in [5.74, 6) is -0.442. The fourth-order valence-electron chi connectivity index (χ4n) is 3.73. The summed E-state index contributed by atoms with van der Waals surface area (Å²) in [4.78, 5) is 32.3. The van der Waals surface area contributed by atoms with Crippen molar-refractivity contribution in [3.8, 4) is 11.3 Å². The van der Waals surface area contributed by atoms with Crippen molar-refractivity contribution in [2.75, 3.05) is 10.6 Å². The van der Waals surface area contributed by atoms with Gasteiger partial charge in [0.15, 0.2) is 5.76 Å². The zero-order valence-electron chi connectivity index (χ0n) is 18.6. The van der Waals surface area contributed by atoms with E-state index in [2.05, 4.69) is 26.8 Å². The molecule has 0 unspecified atom stereocenters. The van der Waals surface area contributed by atoms with E-state index in [4.69, 9.17) is 8.94 Å². The van der Waals surface area contributed by atoms with E-state index >= 15 is 0 Å². The highest BCUT2D eigenvalue weighted by Crippen LogP contribution is 2.33. The van der Waals surface area contributed by atoms with Gasteiger partial charge in [-0.2, -0.15) is 0 Å². The Morgan fingerprint density at radius 2 is 1.65 bits per heavy atom. The van der Waals surface area contributed by atoms with Gasteiger partial charge in [0.1, 0.15) is 0 Å². The van der Waals surface area contributed by atoms with E-state index in [1.165, 1.54) is 6.26 Å². The van der Waals surface area contributed by atoms with Crippen LogP contribution in [0.2, 0.25) is 0 Å². The number of fused-ring (bicyclic) bond motifs is 1. The predicted octanol–water partition coefficient (Wildman–Crippen LogP) is 5.97. The minimum absolute atomic E-state index is 0.218. The van der Waals surface area contributed by atoms with Gasteiger partial charge in [-0.3, -0.25) is 9.59 Å². The van der Waals surface area contributed by atoms with Crippen LogP contribution < -0.4 is 10.6 Å². The van der Waals surface area contributed by atoms with Crippen LogP contribution >= 0.6 is 11.3 Å². The predicted molar refractivity (Wildman–Crippen MR) is 130 cm³/mol. The molecule has 0 saturated carbocycles. The molecule has 0 fully saturated rings. The average molecular weight is 473 g/mol. The van der Waals surface area contributed by atoms with E-state index in [-0.39, 0.29) is 17.6 Å². The van der Waals surface area contributed by atoms with Crippen molar-refractivity contribution < 1.29 is 18.5 Å². The van der Waals surface area contributed by atoms with Crippen molar-refractivity contribution in [2.45, 2.75) is 20.8 Å². The molecule has 0 atom stereocenters. The molecule has 0 aliphatic carbocycles. The number of furan rings is 1. The quantitative estimate of drug-likeness (QED) is 0.326. The van der Waals surface area contributed by atoms with Crippen LogP contribution in [0.15, 0.2) is 63.7 Å². The summed E-state index contributed by atoms with van der Waals surface area (Å²) in [6, 6.07) is 13.9. The number of benzene rings is 1. The summed E-state index contributed by atoms with van der Waals surface area (Å²) in [7, 11) is 0. The summed E-state index contributed by atoms with van der Waals surface area (Å²) >= 11 is 1.67. The smallest absolute Gasteiger partial charge is 0.291 e. The molecule has 8 nitrogen and oxygen atoms in total. The van der Waals surface area contributed by atoms with Gasteiger partial charge in [-0.1, -0.05) is 5.16 Å². The van der Waals surface area contributed by atoms with E-state index in [0.717, 1.165) is 15.3 Å². The Hall–Kier alpha value is -4.24. The molecule has 0 saturated heterocycles. The molecule has 4 heterocycles. The standard InChI is InChI=1S/C25H20N4O4S/c1-13-11-18(15(3)34-13)20-12-19(22-14(2)29-33-25(22)28-20)23(30)26-16-6-8-17(9-7-16)27-24(31)21-5-4-10-32-21/h4-12H,1-3H3,(H,26,30)(H,27,31). The maximum absolute atomic E-state index is 13.3. The van der Waals surface area contributed by atoms with Crippen LogP contribution in [0, 0.1) is 20.8 Å². The van der Waals surface area contributed by atoms with Gasteiger partial charge in [-0.25, -0.2) is 4.98 Å². The number of thiophene rings is 1. The molecule has 5 aromatic rings. The molecule has 170 valence electrons. The first-order valence-corrected chi connectivity index (χ1v) is 11.3. The minimum atomic E-state index is -0.351. The molecule has 1 aromatic carbocycles. The highest BCUT2D eigenvalue weighted by molar-refractivity contribution is 7.12. The lowest BCUT2D eigenvalue weighted by atomic mass is 10.1. The van der Waals surface area contributed by atoms with Gasteiger partial charge in [0, 0.05) is 26.7 Å². The first kappa shape index (κ1) is 21.6. The number of pyridine rings is 1. The zero-order valence-corrected chi connectivity index (χ0v) is 19.4. The highest BCUT2D eigenvalue weighted by Gasteiger charge is 2.21. The van der Waals surface area contributed by atoms with E-state index in [9.17, 15) is 9.59 Å². The summed E-state index contributed by atoms with van der Waals surface area (Å²) in [5.41, 5.74) is 4.11. The van der Waals surface area contributed by atoms with Crippen LogP contribution in [-0.2, 0) is 0 Å². The van der Waals surface area contributed by atoms with Gasteiger partial charge in [0.2, 0.25) is 0 Å². The van der Waals surface area contributed by atoms with Crippen LogP contribution in [-0.4, -0.2) is 22.0 Å². The first-order chi connectivity index (χ1) is 16.4. The lowest BCUT2D eigenvalue weighted by Crippen LogP contribution is -2.14. The second kappa shape index (κ2) is 8.60. The summed E-state index contributed by atoms with van der Waals surface area (Å²) in [6.45, 7) is 5.84. The largest absolute Gasteiger partial charge is 0.459 e. The maximum Gasteiger partial charge on any atom is 0.291 e. The molecular weight excluding hydrogens is 452 g/mol. The molecule has 0 bridgehead atoms. The van der Waals surface area contributed by atoms with Gasteiger partial charge in [0.25, 0.3) is 17.5 Å². The minimum Gasteiger partial charge on any atom is -0.459 e. The third-order valence-corrected chi connectivity index (χ3v) is 6.29. The molecule has 0 aliphatic rings. The van der Waals surface area contributed by atoms with Gasteiger partial charge in [-0.05, 0) is 69.3 Å². The Labute approximate surface area is 198 Å². The van der Waals surface area contributed by atoms with E-state index in [1.54, 1.807) is 60.7 Å². The van der Waals surface area contributed by atoms with Gasteiger partial charge < -0.3 is 19.6 Å². The number of aryl methyl sites for hydroxylation is 3. The SMILES string of the molecule is Cc1cc(-c2cc(C(=O)Nc3ccc(NC(=O)c4ccco4)cc3)c3c(C)noc3n2)c(C)s1. The van der Waals surface area contributed by atoms with Crippen molar-refractivity contribution in [3.63, 3.8) is 0 Å². The summed E-state index contributed by atoms with van der Waals surface area (Å²) < 4.78 is 10.5. The fraction of sp³-hybridized carbons (Fsp3) is 0.120. The number of rotatable bonds is 5. The number of aromatic nitrogens is 2. The normalized spacial score (nSPS) is 11.0. The van der Waals surface area contributed by atoms with Crippen molar-refractivity contribution in [2.24, 2.45) is 0 Å². The lowest BCUT2D eigenvalue weighted by molar-refractivity contribution is 0.0994. The monoisotopic (exact) mass is 472 g/mol. The van der Waals surface area contributed by atoms with Crippen LogP contribution in [0.3, 0.4) is 0 Å². The zero-order chi connectivity index (χ0) is 23.8. The van der Waals surface area contributed by atoms with Crippen molar-refractivity contribution in [3.05, 3.63) is 81.6 Å². The van der Waals surface area contributed by atoms with Crippen LogP contribution in [0.4, 0.5) is 11.4 Å². The summed E-state index contributed by atoms with van der Waals surface area (Å²) in [5, 5.41) is 10.2. The van der Waals surface area contributed by atoms with Crippen molar-refractivity contribution in [1.82, 2.24) is 10.1 Å². The topological polar surface area (TPSA) is 110 Å². The Bertz CT molecular complexity index is 1510. The number of nitrogens with zero attached hydrogens (tertiary/aromatic N) is 2.